The zero-order valence-corrected chi connectivity index (χ0v) is 10.9. The van der Waals surface area contributed by atoms with E-state index in [0.29, 0.717) is 12.3 Å². The monoisotopic (exact) mass is 280 g/mol. The first-order valence-electron chi connectivity index (χ1n) is 6.12. The molecular formula is C14H14F2N2O2. The van der Waals surface area contributed by atoms with E-state index in [0.717, 1.165) is 18.6 Å². The molecule has 2 aromatic rings. The number of nitrogen functional groups attached to an aromatic ring is 1. The maximum absolute atomic E-state index is 13.5. The summed E-state index contributed by atoms with van der Waals surface area (Å²) in [6, 6.07) is 6.06. The number of aromatic nitrogens is 1. The quantitative estimate of drug-likeness (QED) is 0.910. The van der Waals surface area contributed by atoms with Gasteiger partial charge in [0.25, 0.3) is 0 Å². The van der Waals surface area contributed by atoms with Gasteiger partial charge in [-0.3, -0.25) is 0 Å². The van der Waals surface area contributed by atoms with Gasteiger partial charge in [-0.25, -0.2) is 8.78 Å². The first kappa shape index (κ1) is 14.0. The minimum atomic E-state index is -0.806. The smallest absolute Gasteiger partial charge is 0.240 e. The van der Waals surface area contributed by atoms with Crippen LogP contribution < -0.4 is 15.2 Å². The van der Waals surface area contributed by atoms with Crippen molar-refractivity contribution in [3.63, 3.8) is 0 Å². The highest BCUT2D eigenvalue weighted by atomic mass is 19.1. The molecule has 20 heavy (non-hydrogen) atoms. The minimum Gasteiger partial charge on any atom is -0.476 e. The van der Waals surface area contributed by atoms with Crippen LogP contribution in [0.2, 0.25) is 0 Å². The van der Waals surface area contributed by atoms with Crippen molar-refractivity contribution in [1.82, 2.24) is 4.98 Å². The lowest BCUT2D eigenvalue weighted by Gasteiger charge is -2.10. The fraction of sp³-hybridized carbons (Fsp3) is 0.214. The first-order chi connectivity index (χ1) is 9.60. The molecule has 0 amide bonds. The summed E-state index contributed by atoms with van der Waals surface area (Å²) < 4.78 is 36.9. The lowest BCUT2D eigenvalue weighted by molar-refractivity contribution is 0.302. The fourth-order valence-corrected chi connectivity index (χ4v) is 1.48. The molecule has 4 nitrogen and oxygen atoms in total. The summed E-state index contributed by atoms with van der Waals surface area (Å²) in [6.07, 6.45) is 0.804. The molecule has 2 rings (SSSR count). The molecular weight excluding hydrogens is 266 g/mol. The molecule has 0 aliphatic carbocycles. The maximum Gasteiger partial charge on any atom is 0.240 e. The van der Waals surface area contributed by atoms with Gasteiger partial charge in [-0.1, -0.05) is 6.92 Å². The van der Waals surface area contributed by atoms with Gasteiger partial charge in [0.1, 0.15) is 5.82 Å². The van der Waals surface area contributed by atoms with Crippen molar-refractivity contribution in [1.29, 1.82) is 0 Å². The summed E-state index contributed by atoms with van der Waals surface area (Å²) in [7, 11) is 0. The molecule has 6 heteroatoms. The summed E-state index contributed by atoms with van der Waals surface area (Å²) in [5, 5.41) is 0. The van der Waals surface area contributed by atoms with E-state index in [2.05, 4.69) is 4.98 Å². The van der Waals surface area contributed by atoms with Crippen molar-refractivity contribution in [2.24, 2.45) is 0 Å². The summed E-state index contributed by atoms with van der Waals surface area (Å²) >= 11 is 0. The van der Waals surface area contributed by atoms with E-state index in [4.69, 9.17) is 15.2 Å². The second kappa shape index (κ2) is 6.18. The van der Waals surface area contributed by atoms with Gasteiger partial charge in [0.2, 0.25) is 11.8 Å². The van der Waals surface area contributed by atoms with Crippen molar-refractivity contribution >= 4 is 5.69 Å². The number of benzene rings is 1. The number of nitrogens with two attached hydrogens (primary N) is 1. The molecule has 0 radical (unpaired) electrons. The summed E-state index contributed by atoms with van der Waals surface area (Å²) in [5.74, 6) is -1.25. The molecule has 106 valence electrons. The van der Waals surface area contributed by atoms with Crippen molar-refractivity contribution in [3.8, 4) is 17.5 Å². The van der Waals surface area contributed by atoms with Gasteiger partial charge in [0, 0.05) is 12.1 Å². The largest absolute Gasteiger partial charge is 0.476 e. The topological polar surface area (TPSA) is 57.4 Å². The Bertz CT molecular complexity index is 606. The first-order valence-corrected chi connectivity index (χ1v) is 6.12. The van der Waals surface area contributed by atoms with Crippen LogP contribution >= 0.6 is 0 Å². The number of hydrogen-bond acceptors (Lipinski definition) is 4. The third-order valence-corrected chi connectivity index (χ3v) is 2.42. The molecule has 0 unspecified atom stereocenters. The molecule has 0 saturated heterocycles. The molecule has 0 aliphatic rings. The fourth-order valence-electron chi connectivity index (χ4n) is 1.48. The average Bonchev–Trinajstić information content (AvgIpc) is 2.42. The van der Waals surface area contributed by atoms with Gasteiger partial charge >= 0.3 is 0 Å². The SMILES string of the molecule is CCCOc1nc(Oc2ccc(F)cc2F)ccc1N. The Balaban J connectivity index is 2.20. The predicted octanol–water partition coefficient (Wildman–Crippen LogP) is 3.52. The Hall–Kier alpha value is -2.37. The van der Waals surface area contributed by atoms with Crippen LogP contribution in [0.5, 0.6) is 17.5 Å². The molecule has 1 heterocycles. The van der Waals surface area contributed by atoms with Gasteiger partial charge in [0.15, 0.2) is 11.6 Å². The Kier molecular flexibility index (Phi) is 4.34. The highest BCUT2D eigenvalue weighted by molar-refractivity contribution is 5.49. The van der Waals surface area contributed by atoms with Gasteiger partial charge in [-0.05, 0) is 24.6 Å². The van der Waals surface area contributed by atoms with Crippen LogP contribution in [0.3, 0.4) is 0 Å². The molecule has 0 fully saturated rings. The Morgan fingerprint density at radius 2 is 2.00 bits per heavy atom. The predicted molar refractivity (Wildman–Crippen MR) is 70.9 cm³/mol. The van der Waals surface area contributed by atoms with E-state index >= 15 is 0 Å². The molecule has 1 aromatic heterocycles. The van der Waals surface area contributed by atoms with Crippen molar-refractivity contribution < 1.29 is 18.3 Å². The Morgan fingerprint density at radius 3 is 2.70 bits per heavy atom. The van der Waals surface area contributed by atoms with Crippen molar-refractivity contribution in [2.75, 3.05) is 12.3 Å². The molecule has 2 N–H and O–H groups in total. The van der Waals surface area contributed by atoms with E-state index < -0.39 is 11.6 Å². The Morgan fingerprint density at radius 1 is 1.20 bits per heavy atom. The van der Waals surface area contributed by atoms with E-state index in [9.17, 15) is 8.78 Å². The van der Waals surface area contributed by atoms with Gasteiger partial charge < -0.3 is 15.2 Å². The Labute approximate surface area is 115 Å². The van der Waals surface area contributed by atoms with E-state index in [1.165, 1.54) is 12.1 Å². The summed E-state index contributed by atoms with van der Waals surface area (Å²) in [5.41, 5.74) is 6.07. The van der Waals surface area contributed by atoms with Crippen LogP contribution in [0.15, 0.2) is 30.3 Å². The molecule has 1 aromatic carbocycles. The normalized spacial score (nSPS) is 10.3. The second-order valence-electron chi connectivity index (χ2n) is 4.07. The van der Waals surface area contributed by atoms with E-state index in [1.807, 2.05) is 6.92 Å². The number of rotatable bonds is 5. The third kappa shape index (κ3) is 3.34. The van der Waals surface area contributed by atoms with E-state index in [1.54, 1.807) is 6.07 Å². The molecule has 0 spiro atoms. The lowest BCUT2D eigenvalue weighted by Crippen LogP contribution is -2.02. The van der Waals surface area contributed by atoms with Crippen LogP contribution in [-0.4, -0.2) is 11.6 Å². The standard InChI is InChI=1S/C14H14F2N2O2/c1-2-7-19-14-11(17)4-6-13(18-14)20-12-5-3-9(15)8-10(12)16/h3-6,8H,2,7,17H2,1H3. The zero-order chi connectivity index (χ0) is 14.5. The minimum absolute atomic E-state index is 0.120. The van der Waals surface area contributed by atoms with Crippen LogP contribution in [0.4, 0.5) is 14.5 Å². The maximum atomic E-state index is 13.5. The van der Waals surface area contributed by atoms with Crippen LogP contribution in [-0.2, 0) is 0 Å². The average molecular weight is 280 g/mol. The van der Waals surface area contributed by atoms with Crippen molar-refractivity contribution in [2.45, 2.75) is 13.3 Å². The number of nitrogens with zero attached hydrogens (tertiary/aromatic N) is 1. The second-order valence-corrected chi connectivity index (χ2v) is 4.07. The number of pyridine rings is 1. The number of hydrogen-bond donors (Lipinski definition) is 1. The zero-order valence-electron chi connectivity index (χ0n) is 10.9. The van der Waals surface area contributed by atoms with E-state index in [-0.39, 0.29) is 17.5 Å². The number of anilines is 1. The summed E-state index contributed by atoms with van der Waals surface area (Å²) in [4.78, 5) is 4.04. The molecule has 0 saturated carbocycles. The van der Waals surface area contributed by atoms with Crippen LogP contribution in [0.1, 0.15) is 13.3 Å². The highest BCUT2D eigenvalue weighted by Gasteiger charge is 2.09. The molecule has 0 bridgehead atoms. The lowest BCUT2D eigenvalue weighted by atomic mass is 10.3. The highest BCUT2D eigenvalue weighted by Crippen LogP contribution is 2.27. The van der Waals surface area contributed by atoms with Crippen molar-refractivity contribution in [3.05, 3.63) is 42.0 Å². The molecule has 0 aliphatic heterocycles. The van der Waals surface area contributed by atoms with Gasteiger partial charge in [-0.2, -0.15) is 4.98 Å². The third-order valence-electron chi connectivity index (χ3n) is 2.42. The van der Waals surface area contributed by atoms with Gasteiger partial charge in [0.05, 0.1) is 12.3 Å². The number of ether oxygens (including phenoxy) is 2. The van der Waals surface area contributed by atoms with Gasteiger partial charge in [-0.15, -0.1) is 0 Å². The van der Waals surface area contributed by atoms with Crippen LogP contribution in [0, 0.1) is 11.6 Å². The number of halogens is 2. The summed E-state index contributed by atoms with van der Waals surface area (Å²) in [6.45, 7) is 2.41. The molecule has 0 atom stereocenters. The van der Waals surface area contributed by atoms with Crippen LogP contribution in [0.25, 0.3) is 0 Å².